The summed E-state index contributed by atoms with van der Waals surface area (Å²) in [6.45, 7) is 6.48. The molecule has 0 unspecified atom stereocenters. The van der Waals surface area contributed by atoms with Crippen molar-refractivity contribution in [2.45, 2.75) is 20.4 Å². The van der Waals surface area contributed by atoms with Crippen molar-refractivity contribution in [2.75, 3.05) is 13.1 Å². The molecule has 0 saturated heterocycles. The molecule has 0 atom stereocenters. The molecule has 0 saturated carbocycles. The van der Waals surface area contributed by atoms with Crippen molar-refractivity contribution >= 4 is 5.96 Å². The Balaban J connectivity index is 2.11. The van der Waals surface area contributed by atoms with Crippen LogP contribution in [0, 0.1) is 0 Å². The highest BCUT2D eigenvalue weighted by atomic mass is 15.3. The molecule has 0 radical (unpaired) electrons. The predicted octanol–water partition coefficient (Wildman–Crippen LogP) is 2.03. The van der Waals surface area contributed by atoms with Crippen molar-refractivity contribution in [2.24, 2.45) is 10.7 Å². The first-order chi connectivity index (χ1) is 9.74. The average molecular weight is 271 g/mol. The van der Waals surface area contributed by atoms with Gasteiger partial charge in [-0.2, -0.15) is 5.10 Å². The van der Waals surface area contributed by atoms with Gasteiger partial charge >= 0.3 is 0 Å². The van der Waals surface area contributed by atoms with Crippen molar-refractivity contribution in [3.8, 4) is 5.69 Å². The molecule has 1 aromatic heterocycles. The van der Waals surface area contributed by atoms with Crippen LogP contribution < -0.4 is 5.73 Å². The van der Waals surface area contributed by atoms with E-state index in [1.807, 2.05) is 40.0 Å². The summed E-state index contributed by atoms with van der Waals surface area (Å²) in [5, 5.41) is 4.23. The van der Waals surface area contributed by atoms with Crippen LogP contribution in [0.4, 0.5) is 0 Å². The van der Waals surface area contributed by atoms with Crippen molar-refractivity contribution in [3.63, 3.8) is 0 Å². The van der Waals surface area contributed by atoms with E-state index < -0.39 is 0 Å². The summed E-state index contributed by atoms with van der Waals surface area (Å²) in [7, 11) is 0. The van der Waals surface area contributed by atoms with Crippen LogP contribution in [-0.4, -0.2) is 33.7 Å². The van der Waals surface area contributed by atoms with E-state index in [9.17, 15) is 0 Å². The third-order valence-electron chi connectivity index (χ3n) is 3.19. The summed E-state index contributed by atoms with van der Waals surface area (Å²) < 4.78 is 1.83. The second kappa shape index (κ2) is 6.75. The Morgan fingerprint density at radius 2 is 2.10 bits per heavy atom. The van der Waals surface area contributed by atoms with Crippen LogP contribution >= 0.6 is 0 Å². The molecule has 2 N–H and O–H groups in total. The fraction of sp³-hybridized carbons (Fsp3) is 0.333. The van der Waals surface area contributed by atoms with Crippen LogP contribution in [-0.2, 0) is 6.54 Å². The number of hydrogen-bond acceptors (Lipinski definition) is 2. The number of benzene rings is 1. The lowest BCUT2D eigenvalue weighted by Crippen LogP contribution is -2.37. The molecule has 106 valence electrons. The first-order valence-corrected chi connectivity index (χ1v) is 6.88. The van der Waals surface area contributed by atoms with Crippen molar-refractivity contribution in [3.05, 3.63) is 48.3 Å². The predicted molar refractivity (Wildman–Crippen MR) is 81.8 cm³/mol. The largest absolute Gasteiger partial charge is 0.370 e. The van der Waals surface area contributed by atoms with Crippen LogP contribution in [0.15, 0.2) is 47.7 Å². The fourth-order valence-corrected chi connectivity index (χ4v) is 2.04. The number of aromatic nitrogens is 2. The average Bonchev–Trinajstić information content (AvgIpc) is 3.01. The van der Waals surface area contributed by atoms with E-state index in [4.69, 9.17) is 5.73 Å². The van der Waals surface area contributed by atoms with Gasteiger partial charge in [0.05, 0.1) is 12.2 Å². The van der Waals surface area contributed by atoms with Crippen LogP contribution in [0.25, 0.3) is 5.69 Å². The second-order valence-corrected chi connectivity index (χ2v) is 4.47. The Hall–Kier alpha value is -2.30. The number of rotatable bonds is 5. The van der Waals surface area contributed by atoms with Gasteiger partial charge in [0.1, 0.15) is 0 Å². The van der Waals surface area contributed by atoms with Gasteiger partial charge in [-0.05, 0) is 37.6 Å². The lowest BCUT2D eigenvalue weighted by molar-refractivity contribution is 0.458. The van der Waals surface area contributed by atoms with Gasteiger partial charge in [-0.1, -0.05) is 12.1 Å². The van der Waals surface area contributed by atoms with Gasteiger partial charge in [0.15, 0.2) is 5.96 Å². The molecular weight excluding hydrogens is 250 g/mol. The Kier molecular flexibility index (Phi) is 4.76. The molecule has 0 bridgehead atoms. The molecule has 0 aliphatic carbocycles. The second-order valence-electron chi connectivity index (χ2n) is 4.47. The highest BCUT2D eigenvalue weighted by Gasteiger charge is 2.02. The Labute approximate surface area is 119 Å². The van der Waals surface area contributed by atoms with Crippen LogP contribution in [0.1, 0.15) is 19.4 Å². The summed E-state index contributed by atoms with van der Waals surface area (Å²) >= 11 is 0. The maximum atomic E-state index is 5.98. The Bertz CT molecular complexity index is 555. The van der Waals surface area contributed by atoms with Gasteiger partial charge < -0.3 is 10.6 Å². The molecule has 0 amide bonds. The minimum absolute atomic E-state index is 0.581. The topological polar surface area (TPSA) is 59.4 Å². The van der Waals surface area contributed by atoms with E-state index >= 15 is 0 Å². The van der Waals surface area contributed by atoms with Crippen LogP contribution in [0.3, 0.4) is 0 Å². The number of guanidine groups is 1. The summed E-state index contributed by atoms with van der Waals surface area (Å²) in [6, 6.07) is 10.1. The molecule has 0 aliphatic heterocycles. The van der Waals surface area contributed by atoms with E-state index in [-0.39, 0.29) is 0 Å². The molecule has 2 rings (SSSR count). The molecule has 0 fully saturated rings. The van der Waals surface area contributed by atoms with Gasteiger partial charge in [0, 0.05) is 25.5 Å². The van der Waals surface area contributed by atoms with Crippen molar-refractivity contribution < 1.29 is 0 Å². The molecule has 0 aliphatic rings. The quantitative estimate of drug-likeness (QED) is 0.668. The van der Waals surface area contributed by atoms with E-state index in [2.05, 4.69) is 30.0 Å². The number of nitrogens with zero attached hydrogens (tertiary/aromatic N) is 4. The first-order valence-electron chi connectivity index (χ1n) is 6.88. The van der Waals surface area contributed by atoms with Crippen LogP contribution in [0.5, 0.6) is 0 Å². The third-order valence-corrected chi connectivity index (χ3v) is 3.19. The zero-order chi connectivity index (χ0) is 14.4. The standard InChI is InChI=1S/C15H21N5/c1-3-19(4-2)15(16)17-12-13-7-5-8-14(11-13)20-10-6-9-18-20/h5-11H,3-4,12H2,1-2H3,(H2,16,17). The highest BCUT2D eigenvalue weighted by molar-refractivity contribution is 5.78. The zero-order valence-corrected chi connectivity index (χ0v) is 12.0. The molecule has 0 spiro atoms. The molecule has 1 heterocycles. The van der Waals surface area contributed by atoms with Gasteiger partial charge in [0.25, 0.3) is 0 Å². The molecule has 5 nitrogen and oxygen atoms in total. The van der Waals surface area contributed by atoms with Crippen molar-refractivity contribution in [1.29, 1.82) is 0 Å². The van der Waals surface area contributed by atoms with Gasteiger partial charge in [0.2, 0.25) is 0 Å². The minimum atomic E-state index is 0.581. The summed E-state index contributed by atoms with van der Waals surface area (Å²) in [4.78, 5) is 6.49. The van der Waals surface area contributed by atoms with E-state index in [0.29, 0.717) is 12.5 Å². The van der Waals surface area contributed by atoms with E-state index in [1.54, 1.807) is 6.20 Å². The van der Waals surface area contributed by atoms with Gasteiger partial charge in [-0.15, -0.1) is 0 Å². The molecular formula is C15H21N5. The molecule has 1 aromatic carbocycles. The van der Waals surface area contributed by atoms with Crippen molar-refractivity contribution in [1.82, 2.24) is 14.7 Å². The van der Waals surface area contributed by atoms with Crippen LogP contribution in [0.2, 0.25) is 0 Å². The summed E-state index contributed by atoms with van der Waals surface area (Å²) in [5.74, 6) is 0.597. The number of hydrogen-bond donors (Lipinski definition) is 1. The molecule has 20 heavy (non-hydrogen) atoms. The number of aliphatic imine (C=N–C) groups is 1. The monoisotopic (exact) mass is 271 g/mol. The summed E-state index contributed by atoms with van der Waals surface area (Å²) in [6.07, 6.45) is 3.69. The Morgan fingerprint density at radius 1 is 1.30 bits per heavy atom. The first kappa shape index (κ1) is 14.1. The normalized spacial score (nSPS) is 11.6. The zero-order valence-electron chi connectivity index (χ0n) is 12.0. The van der Waals surface area contributed by atoms with E-state index in [0.717, 1.165) is 24.3 Å². The summed E-state index contributed by atoms with van der Waals surface area (Å²) in [5.41, 5.74) is 8.13. The molecule has 5 heteroatoms. The SMILES string of the molecule is CCN(CC)C(N)=NCc1cccc(-n2cccn2)c1. The lowest BCUT2D eigenvalue weighted by atomic mass is 10.2. The fourth-order valence-electron chi connectivity index (χ4n) is 2.04. The lowest BCUT2D eigenvalue weighted by Gasteiger charge is -2.19. The maximum Gasteiger partial charge on any atom is 0.191 e. The smallest absolute Gasteiger partial charge is 0.191 e. The van der Waals surface area contributed by atoms with Gasteiger partial charge in [-0.25, -0.2) is 9.67 Å². The molecule has 2 aromatic rings. The number of nitrogens with two attached hydrogens (primary N) is 1. The highest BCUT2D eigenvalue weighted by Crippen LogP contribution is 2.10. The minimum Gasteiger partial charge on any atom is -0.370 e. The van der Waals surface area contributed by atoms with E-state index in [1.165, 1.54) is 0 Å². The Morgan fingerprint density at radius 3 is 2.75 bits per heavy atom. The third kappa shape index (κ3) is 3.38. The van der Waals surface area contributed by atoms with Gasteiger partial charge in [-0.3, -0.25) is 0 Å². The maximum absolute atomic E-state index is 5.98.